The van der Waals surface area contributed by atoms with E-state index < -0.39 is 0 Å². The van der Waals surface area contributed by atoms with Gasteiger partial charge in [-0.25, -0.2) is 4.98 Å². The Balaban J connectivity index is 2.04. The Morgan fingerprint density at radius 1 is 1.10 bits per heavy atom. The first kappa shape index (κ1) is 15.5. The molecule has 0 fully saturated rings. The Hall–Kier alpha value is -1.87. The molecule has 1 aromatic carbocycles. The summed E-state index contributed by atoms with van der Waals surface area (Å²) >= 11 is 0. The Morgan fingerprint density at radius 3 is 2.48 bits per heavy atom. The zero-order valence-electron chi connectivity index (χ0n) is 13.5. The van der Waals surface area contributed by atoms with Crippen LogP contribution in [0.25, 0.3) is 0 Å². The Morgan fingerprint density at radius 2 is 1.86 bits per heavy atom. The van der Waals surface area contributed by atoms with Crippen molar-refractivity contribution >= 4 is 0 Å². The Labute approximate surface area is 127 Å². The lowest BCUT2D eigenvalue weighted by Crippen LogP contribution is -2.35. The van der Waals surface area contributed by atoms with E-state index in [1.807, 2.05) is 31.3 Å². The number of aromatic nitrogens is 1. The molecule has 3 heteroatoms. The average molecular weight is 284 g/mol. The summed E-state index contributed by atoms with van der Waals surface area (Å²) in [4.78, 5) is 4.38. The molecule has 0 aliphatic carbocycles. The van der Waals surface area contributed by atoms with Crippen LogP contribution < -0.4 is 10.1 Å². The zero-order valence-corrected chi connectivity index (χ0v) is 13.5. The predicted octanol–water partition coefficient (Wildman–Crippen LogP) is 4.38. The van der Waals surface area contributed by atoms with E-state index in [0.29, 0.717) is 5.88 Å². The third-order valence-electron chi connectivity index (χ3n) is 3.18. The molecule has 1 N–H and O–H groups in total. The topological polar surface area (TPSA) is 34.1 Å². The van der Waals surface area contributed by atoms with Crippen LogP contribution >= 0.6 is 0 Å². The van der Waals surface area contributed by atoms with Gasteiger partial charge in [0.1, 0.15) is 5.75 Å². The standard InChI is InChI=1S/C18H24N2O/c1-13-6-7-14(2)16(10-13)21-17-9-8-15(11-19-17)12-20-18(3,4)5/h6-11,20H,12H2,1-5H3. The van der Waals surface area contributed by atoms with Crippen LogP contribution in [0.2, 0.25) is 0 Å². The second-order valence-electron chi connectivity index (χ2n) is 6.48. The molecule has 1 heterocycles. The Kier molecular flexibility index (Phi) is 4.63. The molecule has 1 aromatic heterocycles. The summed E-state index contributed by atoms with van der Waals surface area (Å²) in [6, 6.07) is 10.1. The molecule has 0 atom stereocenters. The highest BCUT2D eigenvalue weighted by Gasteiger charge is 2.09. The van der Waals surface area contributed by atoms with Gasteiger partial charge in [0.15, 0.2) is 0 Å². The minimum atomic E-state index is 0.105. The largest absolute Gasteiger partial charge is 0.439 e. The van der Waals surface area contributed by atoms with Gasteiger partial charge in [-0.2, -0.15) is 0 Å². The number of aryl methyl sites for hydroxylation is 2. The van der Waals surface area contributed by atoms with E-state index >= 15 is 0 Å². The predicted molar refractivity (Wildman–Crippen MR) is 86.8 cm³/mol. The first-order valence-electron chi connectivity index (χ1n) is 7.28. The number of hydrogen-bond donors (Lipinski definition) is 1. The van der Waals surface area contributed by atoms with Crippen LogP contribution in [0.15, 0.2) is 36.5 Å². The van der Waals surface area contributed by atoms with Crippen LogP contribution in [-0.2, 0) is 6.54 Å². The minimum Gasteiger partial charge on any atom is -0.439 e. The van der Waals surface area contributed by atoms with E-state index in [1.54, 1.807) is 0 Å². The van der Waals surface area contributed by atoms with Crippen molar-refractivity contribution in [2.75, 3.05) is 0 Å². The van der Waals surface area contributed by atoms with Gasteiger partial charge in [0.05, 0.1) is 0 Å². The smallest absolute Gasteiger partial charge is 0.219 e. The molecule has 0 saturated carbocycles. The lowest BCUT2D eigenvalue weighted by atomic mass is 10.1. The molecule has 112 valence electrons. The lowest BCUT2D eigenvalue weighted by Gasteiger charge is -2.20. The van der Waals surface area contributed by atoms with Gasteiger partial charge in [0.25, 0.3) is 0 Å². The number of nitrogens with one attached hydrogen (secondary N) is 1. The van der Waals surface area contributed by atoms with Gasteiger partial charge in [-0.05, 0) is 57.4 Å². The van der Waals surface area contributed by atoms with Crippen molar-refractivity contribution in [3.8, 4) is 11.6 Å². The van der Waals surface area contributed by atoms with Gasteiger partial charge in [-0.1, -0.05) is 18.2 Å². The fraction of sp³-hybridized carbons (Fsp3) is 0.389. The summed E-state index contributed by atoms with van der Waals surface area (Å²) in [7, 11) is 0. The van der Waals surface area contributed by atoms with Crippen molar-refractivity contribution in [1.82, 2.24) is 10.3 Å². The van der Waals surface area contributed by atoms with Crippen molar-refractivity contribution in [3.63, 3.8) is 0 Å². The quantitative estimate of drug-likeness (QED) is 0.904. The molecule has 0 unspecified atom stereocenters. The van der Waals surface area contributed by atoms with E-state index in [0.717, 1.165) is 23.4 Å². The highest BCUT2D eigenvalue weighted by molar-refractivity contribution is 5.38. The number of rotatable bonds is 4. The summed E-state index contributed by atoms with van der Waals surface area (Å²) in [6.07, 6.45) is 1.86. The molecule has 0 bridgehead atoms. The minimum absolute atomic E-state index is 0.105. The van der Waals surface area contributed by atoms with Crippen LogP contribution in [0, 0.1) is 13.8 Å². The molecule has 0 saturated heterocycles. The van der Waals surface area contributed by atoms with Crippen LogP contribution in [0.1, 0.15) is 37.5 Å². The van der Waals surface area contributed by atoms with Gasteiger partial charge in [0, 0.05) is 24.3 Å². The fourth-order valence-electron chi connectivity index (χ4n) is 1.87. The summed E-state index contributed by atoms with van der Waals surface area (Å²) in [5, 5.41) is 3.44. The van der Waals surface area contributed by atoms with Gasteiger partial charge in [-0.15, -0.1) is 0 Å². The SMILES string of the molecule is Cc1ccc(C)c(Oc2ccc(CNC(C)(C)C)cn2)c1. The normalized spacial score (nSPS) is 11.5. The van der Waals surface area contributed by atoms with E-state index in [2.05, 4.69) is 50.1 Å². The molecule has 0 spiro atoms. The molecule has 0 aliphatic rings. The van der Waals surface area contributed by atoms with E-state index in [4.69, 9.17) is 4.74 Å². The fourth-order valence-corrected chi connectivity index (χ4v) is 1.87. The third-order valence-corrected chi connectivity index (χ3v) is 3.18. The molecule has 0 amide bonds. The first-order chi connectivity index (χ1) is 9.83. The molecule has 3 nitrogen and oxygen atoms in total. The van der Waals surface area contributed by atoms with Gasteiger partial charge >= 0.3 is 0 Å². The number of hydrogen-bond acceptors (Lipinski definition) is 3. The maximum Gasteiger partial charge on any atom is 0.219 e. The van der Waals surface area contributed by atoms with Gasteiger partial charge < -0.3 is 10.1 Å². The molecule has 0 radical (unpaired) electrons. The second kappa shape index (κ2) is 6.27. The Bertz CT molecular complexity index is 598. The summed E-state index contributed by atoms with van der Waals surface area (Å²) in [5.41, 5.74) is 3.55. The number of pyridine rings is 1. The summed E-state index contributed by atoms with van der Waals surface area (Å²) in [6.45, 7) is 11.4. The first-order valence-corrected chi connectivity index (χ1v) is 7.28. The molecule has 21 heavy (non-hydrogen) atoms. The van der Waals surface area contributed by atoms with Gasteiger partial charge in [-0.3, -0.25) is 0 Å². The molecule has 2 rings (SSSR count). The summed E-state index contributed by atoms with van der Waals surface area (Å²) < 4.78 is 5.86. The van der Waals surface area contributed by atoms with E-state index in [1.165, 1.54) is 5.56 Å². The van der Waals surface area contributed by atoms with E-state index in [-0.39, 0.29) is 5.54 Å². The second-order valence-corrected chi connectivity index (χ2v) is 6.48. The number of ether oxygens (including phenoxy) is 1. The third kappa shape index (κ3) is 4.87. The van der Waals surface area contributed by atoms with E-state index in [9.17, 15) is 0 Å². The van der Waals surface area contributed by atoms with Gasteiger partial charge in [0.2, 0.25) is 5.88 Å². The van der Waals surface area contributed by atoms with Crippen LogP contribution in [0.3, 0.4) is 0 Å². The van der Waals surface area contributed by atoms with Crippen LogP contribution in [0.4, 0.5) is 0 Å². The zero-order chi connectivity index (χ0) is 15.5. The highest BCUT2D eigenvalue weighted by atomic mass is 16.5. The van der Waals surface area contributed by atoms with Crippen LogP contribution in [-0.4, -0.2) is 10.5 Å². The number of nitrogens with zero attached hydrogens (tertiary/aromatic N) is 1. The molecule has 0 aliphatic heterocycles. The average Bonchev–Trinajstić information content (AvgIpc) is 2.41. The molecule has 2 aromatic rings. The van der Waals surface area contributed by atoms with Crippen molar-refractivity contribution in [2.24, 2.45) is 0 Å². The summed E-state index contributed by atoms with van der Waals surface area (Å²) in [5.74, 6) is 1.49. The van der Waals surface area contributed by atoms with Crippen LogP contribution in [0.5, 0.6) is 11.6 Å². The molecular formula is C18H24N2O. The van der Waals surface area contributed by atoms with Crippen molar-refractivity contribution in [3.05, 3.63) is 53.2 Å². The van der Waals surface area contributed by atoms with Crippen molar-refractivity contribution < 1.29 is 4.74 Å². The molecular weight excluding hydrogens is 260 g/mol. The number of benzene rings is 1. The lowest BCUT2D eigenvalue weighted by molar-refractivity contribution is 0.423. The maximum absolute atomic E-state index is 5.86. The van der Waals surface area contributed by atoms with Crippen molar-refractivity contribution in [1.29, 1.82) is 0 Å². The monoisotopic (exact) mass is 284 g/mol. The maximum atomic E-state index is 5.86. The highest BCUT2D eigenvalue weighted by Crippen LogP contribution is 2.24. The van der Waals surface area contributed by atoms with Crippen molar-refractivity contribution in [2.45, 2.75) is 46.7 Å².